The smallest absolute Gasteiger partial charge is 0.103 e. The molecule has 1 aromatic heterocycles. The summed E-state index contributed by atoms with van der Waals surface area (Å²) in [5, 5.41) is 6.96. The van der Waals surface area contributed by atoms with Gasteiger partial charge in [-0.05, 0) is 18.4 Å². The van der Waals surface area contributed by atoms with E-state index in [0.29, 0.717) is 6.04 Å². The van der Waals surface area contributed by atoms with Crippen molar-refractivity contribution in [3.8, 4) is 0 Å². The van der Waals surface area contributed by atoms with Gasteiger partial charge in [0.25, 0.3) is 0 Å². The van der Waals surface area contributed by atoms with E-state index >= 15 is 0 Å². The van der Waals surface area contributed by atoms with E-state index in [0.717, 1.165) is 6.54 Å². The van der Waals surface area contributed by atoms with Gasteiger partial charge in [0.15, 0.2) is 0 Å². The summed E-state index contributed by atoms with van der Waals surface area (Å²) in [6, 6.07) is 11.4. The molecular weight excluding hydrogens is 264 g/mol. The first-order chi connectivity index (χ1) is 9.71. The molecule has 2 nitrogen and oxygen atoms in total. The van der Waals surface area contributed by atoms with Crippen LogP contribution < -0.4 is 5.32 Å². The van der Waals surface area contributed by atoms with Crippen molar-refractivity contribution in [3.63, 3.8) is 0 Å². The number of nitrogens with one attached hydrogen (secondary N) is 1. The largest absolute Gasteiger partial charge is 0.309 e. The fourth-order valence-electron chi connectivity index (χ4n) is 2.83. The summed E-state index contributed by atoms with van der Waals surface area (Å²) in [5.74, 6) is 0. The van der Waals surface area contributed by atoms with Crippen LogP contribution in [0.25, 0.3) is 0 Å². The number of hydrogen-bond donors (Lipinski definition) is 1. The van der Waals surface area contributed by atoms with Gasteiger partial charge in [-0.2, -0.15) is 0 Å². The van der Waals surface area contributed by atoms with Gasteiger partial charge in [0.05, 0.1) is 5.69 Å². The van der Waals surface area contributed by atoms with Gasteiger partial charge < -0.3 is 5.32 Å². The lowest BCUT2D eigenvalue weighted by Crippen LogP contribution is -2.35. The average Bonchev–Trinajstić information content (AvgIpc) is 2.85. The standard InChI is InChI=1S/C17H22N2S/c1-13(2)18-11-15-12-20-16(19-15)17(9-6-10-17)14-7-4-3-5-8-14/h3-5,7-8,12-13,18H,6,9-11H2,1-2H3. The Morgan fingerprint density at radius 2 is 2.00 bits per heavy atom. The van der Waals surface area contributed by atoms with Crippen molar-refractivity contribution in [2.24, 2.45) is 0 Å². The number of benzene rings is 1. The lowest BCUT2D eigenvalue weighted by molar-refractivity contribution is 0.300. The Morgan fingerprint density at radius 3 is 2.60 bits per heavy atom. The highest BCUT2D eigenvalue weighted by atomic mass is 32.1. The summed E-state index contributed by atoms with van der Waals surface area (Å²) in [6.07, 6.45) is 3.79. The SMILES string of the molecule is CC(C)NCc1csc(C2(c3ccccc3)CCC2)n1. The third-order valence-corrected chi connectivity index (χ3v) is 5.28. The van der Waals surface area contributed by atoms with Gasteiger partial charge in [0.1, 0.15) is 5.01 Å². The zero-order valence-corrected chi connectivity index (χ0v) is 13.0. The minimum atomic E-state index is 0.196. The van der Waals surface area contributed by atoms with Crippen LogP contribution in [0.3, 0.4) is 0 Å². The molecule has 1 fully saturated rings. The van der Waals surface area contributed by atoms with Crippen LogP contribution in [0.5, 0.6) is 0 Å². The van der Waals surface area contributed by atoms with Crippen molar-refractivity contribution in [1.29, 1.82) is 0 Å². The van der Waals surface area contributed by atoms with Crippen molar-refractivity contribution in [2.45, 2.75) is 51.1 Å². The molecule has 0 bridgehead atoms. The molecule has 106 valence electrons. The summed E-state index contributed by atoms with van der Waals surface area (Å²) >= 11 is 1.83. The summed E-state index contributed by atoms with van der Waals surface area (Å²) in [6.45, 7) is 5.22. The first-order valence-electron chi connectivity index (χ1n) is 7.44. The molecule has 1 heterocycles. The van der Waals surface area contributed by atoms with Crippen LogP contribution in [0.4, 0.5) is 0 Å². The Labute approximate surface area is 125 Å². The van der Waals surface area contributed by atoms with Crippen LogP contribution in [-0.4, -0.2) is 11.0 Å². The van der Waals surface area contributed by atoms with Crippen LogP contribution >= 0.6 is 11.3 Å². The van der Waals surface area contributed by atoms with Gasteiger partial charge >= 0.3 is 0 Å². The van der Waals surface area contributed by atoms with Gasteiger partial charge in [-0.15, -0.1) is 11.3 Å². The molecule has 1 N–H and O–H groups in total. The van der Waals surface area contributed by atoms with E-state index < -0.39 is 0 Å². The Kier molecular flexibility index (Phi) is 3.90. The highest BCUT2D eigenvalue weighted by Crippen LogP contribution is 2.49. The van der Waals surface area contributed by atoms with Crippen molar-refractivity contribution in [3.05, 3.63) is 52.0 Å². The van der Waals surface area contributed by atoms with Gasteiger partial charge in [-0.1, -0.05) is 50.6 Å². The van der Waals surface area contributed by atoms with E-state index in [1.165, 1.54) is 35.5 Å². The van der Waals surface area contributed by atoms with Crippen molar-refractivity contribution >= 4 is 11.3 Å². The molecule has 1 aromatic carbocycles. The number of nitrogens with zero attached hydrogens (tertiary/aromatic N) is 1. The lowest BCUT2D eigenvalue weighted by Gasteiger charge is -2.40. The van der Waals surface area contributed by atoms with Crippen molar-refractivity contribution in [2.75, 3.05) is 0 Å². The second kappa shape index (κ2) is 5.66. The molecule has 0 radical (unpaired) electrons. The quantitative estimate of drug-likeness (QED) is 0.894. The molecule has 0 spiro atoms. The normalized spacial score (nSPS) is 17.1. The maximum Gasteiger partial charge on any atom is 0.103 e. The summed E-state index contributed by atoms with van der Waals surface area (Å²) < 4.78 is 0. The lowest BCUT2D eigenvalue weighted by atomic mass is 9.65. The molecule has 1 saturated carbocycles. The van der Waals surface area contributed by atoms with Crippen LogP contribution in [0, 0.1) is 0 Å². The molecule has 0 aliphatic heterocycles. The van der Waals surface area contributed by atoms with Crippen LogP contribution in [0.1, 0.15) is 49.4 Å². The fourth-order valence-corrected chi connectivity index (χ4v) is 3.93. The number of aromatic nitrogens is 1. The maximum atomic E-state index is 4.91. The van der Waals surface area contributed by atoms with Crippen LogP contribution in [0.15, 0.2) is 35.7 Å². The van der Waals surface area contributed by atoms with Crippen LogP contribution in [0.2, 0.25) is 0 Å². The summed E-state index contributed by atoms with van der Waals surface area (Å²) in [5.41, 5.74) is 2.81. The number of hydrogen-bond acceptors (Lipinski definition) is 3. The van der Waals surface area contributed by atoms with E-state index in [-0.39, 0.29) is 5.41 Å². The summed E-state index contributed by atoms with van der Waals surface area (Å²) in [4.78, 5) is 4.91. The molecular formula is C17H22N2S. The van der Waals surface area contributed by atoms with E-state index in [9.17, 15) is 0 Å². The predicted octanol–water partition coefficient (Wildman–Crippen LogP) is 4.11. The van der Waals surface area contributed by atoms with Crippen molar-refractivity contribution < 1.29 is 0 Å². The second-order valence-corrected chi connectivity index (χ2v) is 6.84. The van der Waals surface area contributed by atoms with Gasteiger partial charge in [-0.25, -0.2) is 4.98 Å². The minimum absolute atomic E-state index is 0.196. The Bertz CT molecular complexity index is 555. The second-order valence-electron chi connectivity index (χ2n) is 5.98. The van der Waals surface area contributed by atoms with Gasteiger partial charge in [-0.3, -0.25) is 0 Å². The summed E-state index contributed by atoms with van der Waals surface area (Å²) in [7, 11) is 0. The molecule has 1 aliphatic rings. The highest BCUT2D eigenvalue weighted by molar-refractivity contribution is 7.09. The molecule has 0 unspecified atom stereocenters. The number of rotatable bonds is 5. The third-order valence-electron chi connectivity index (χ3n) is 4.19. The molecule has 0 amide bonds. The maximum absolute atomic E-state index is 4.91. The highest BCUT2D eigenvalue weighted by Gasteiger charge is 2.42. The van der Waals surface area contributed by atoms with Gasteiger partial charge in [0.2, 0.25) is 0 Å². The molecule has 20 heavy (non-hydrogen) atoms. The predicted molar refractivity (Wildman–Crippen MR) is 85.2 cm³/mol. The Morgan fingerprint density at radius 1 is 1.25 bits per heavy atom. The zero-order valence-electron chi connectivity index (χ0n) is 12.2. The van der Waals surface area contributed by atoms with E-state index in [4.69, 9.17) is 4.98 Å². The van der Waals surface area contributed by atoms with Crippen LogP contribution in [-0.2, 0) is 12.0 Å². The molecule has 0 saturated heterocycles. The van der Waals surface area contributed by atoms with E-state index in [2.05, 4.69) is 54.9 Å². The Hall–Kier alpha value is -1.19. The molecule has 0 atom stereocenters. The first-order valence-corrected chi connectivity index (χ1v) is 8.32. The average molecular weight is 286 g/mol. The fraction of sp³-hybridized carbons (Fsp3) is 0.471. The first kappa shape index (κ1) is 13.8. The topological polar surface area (TPSA) is 24.9 Å². The molecule has 1 aliphatic carbocycles. The van der Waals surface area contributed by atoms with E-state index in [1.807, 2.05) is 11.3 Å². The third kappa shape index (κ3) is 2.52. The number of thiazole rings is 1. The minimum Gasteiger partial charge on any atom is -0.309 e. The zero-order chi connectivity index (χ0) is 14.0. The molecule has 2 aromatic rings. The van der Waals surface area contributed by atoms with E-state index in [1.54, 1.807) is 0 Å². The monoisotopic (exact) mass is 286 g/mol. The van der Waals surface area contributed by atoms with Gasteiger partial charge in [0, 0.05) is 23.4 Å². The molecule has 3 heteroatoms. The van der Waals surface area contributed by atoms with Crippen molar-refractivity contribution in [1.82, 2.24) is 10.3 Å². The molecule has 3 rings (SSSR count). The Balaban J connectivity index is 1.84.